The van der Waals surface area contributed by atoms with Crippen molar-refractivity contribution in [2.45, 2.75) is 13.5 Å². The van der Waals surface area contributed by atoms with E-state index in [4.69, 9.17) is 10.00 Å². The summed E-state index contributed by atoms with van der Waals surface area (Å²) < 4.78 is 5.15. The standard InChI is InChI=1S/C21H19N5O2/c1-14-24-19(21(27)26-17-7-3-15(12-22)4-8-17)11-20(25-14)23-13-16-5-9-18(28-2)10-6-16/h3-11H,13H2,1-2H3,(H,26,27)(H,23,24,25). The van der Waals surface area contributed by atoms with Crippen LogP contribution in [-0.2, 0) is 6.54 Å². The fraction of sp³-hybridized carbons (Fsp3) is 0.143. The number of benzene rings is 2. The Balaban J connectivity index is 1.69. The van der Waals surface area contributed by atoms with Gasteiger partial charge in [0.2, 0.25) is 0 Å². The third kappa shape index (κ3) is 4.83. The number of ether oxygens (including phenoxy) is 1. The molecule has 0 spiro atoms. The molecule has 2 aromatic carbocycles. The van der Waals surface area contributed by atoms with Crippen LogP contribution in [0.1, 0.15) is 27.4 Å². The number of carbonyl (C=O) groups excluding carboxylic acids is 1. The van der Waals surface area contributed by atoms with Gasteiger partial charge in [0.25, 0.3) is 5.91 Å². The summed E-state index contributed by atoms with van der Waals surface area (Å²) in [6.07, 6.45) is 0. The fourth-order valence-corrected chi connectivity index (χ4v) is 2.53. The molecule has 0 aliphatic heterocycles. The number of hydrogen-bond donors (Lipinski definition) is 2. The van der Waals surface area contributed by atoms with E-state index in [1.54, 1.807) is 44.4 Å². The van der Waals surface area contributed by atoms with Gasteiger partial charge in [-0.05, 0) is 48.9 Å². The van der Waals surface area contributed by atoms with E-state index in [2.05, 4.69) is 20.6 Å². The van der Waals surface area contributed by atoms with E-state index in [1.165, 1.54) is 0 Å². The molecule has 3 rings (SSSR count). The van der Waals surface area contributed by atoms with Gasteiger partial charge in [-0.2, -0.15) is 5.26 Å². The highest BCUT2D eigenvalue weighted by atomic mass is 16.5. The largest absolute Gasteiger partial charge is 0.497 e. The SMILES string of the molecule is COc1ccc(CNc2cc(C(=O)Nc3ccc(C#N)cc3)nc(C)n2)cc1. The molecule has 28 heavy (non-hydrogen) atoms. The molecular formula is C21H19N5O2. The summed E-state index contributed by atoms with van der Waals surface area (Å²) in [5.74, 6) is 1.50. The molecule has 1 aromatic heterocycles. The van der Waals surface area contributed by atoms with Gasteiger partial charge in [0.05, 0.1) is 18.7 Å². The Labute approximate surface area is 163 Å². The van der Waals surface area contributed by atoms with Crippen molar-refractivity contribution in [2.24, 2.45) is 0 Å². The van der Waals surface area contributed by atoms with Crippen molar-refractivity contribution in [3.05, 3.63) is 77.2 Å². The molecule has 0 fully saturated rings. The van der Waals surface area contributed by atoms with Gasteiger partial charge in [-0.25, -0.2) is 9.97 Å². The van der Waals surface area contributed by atoms with Gasteiger partial charge in [0, 0.05) is 18.3 Å². The second-order valence-corrected chi connectivity index (χ2v) is 6.03. The van der Waals surface area contributed by atoms with Gasteiger partial charge in [-0.15, -0.1) is 0 Å². The van der Waals surface area contributed by atoms with Crippen LogP contribution < -0.4 is 15.4 Å². The Hall–Kier alpha value is -3.92. The number of amides is 1. The van der Waals surface area contributed by atoms with Crippen molar-refractivity contribution in [3.63, 3.8) is 0 Å². The number of anilines is 2. The van der Waals surface area contributed by atoms with E-state index < -0.39 is 0 Å². The molecule has 140 valence electrons. The van der Waals surface area contributed by atoms with E-state index in [-0.39, 0.29) is 11.6 Å². The van der Waals surface area contributed by atoms with Gasteiger partial charge >= 0.3 is 0 Å². The van der Waals surface area contributed by atoms with Gasteiger partial charge in [-0.3, -0.25) is 4.79 Å². The van der Waals surface area contributed by atoms with Crippen molar-refractivity contribution in [1.29, 1.82) is 5.26 Å². The Morgan fingerprint density at radius 2 is 1.82 bits per heavy atom. The van der Waals surface area contributed by atoms with Gasteiger partial charge < -0.3 is 15.4 Å². The lowest BCUT2D eigenvalue weighted by Crippen LogP contribution is -2.15. The molecule has 7 heteroatoms. The van der Waals surface area contributed by atoms with Gasteiger partial charge in [-0.1, -0.05) is 12.1 Å². The fourth-order valence-electron chi connectivity index (χ4n) is 2.53. The lowest BCUT2D eigenvalue weighted by molar-refractivity contribution is 0.102. The van der Waals surface area contributed by atoms with Crippen LogP contribution in [0.5, 0.6) is 5.75 Å². The first-order valence-corrected chi connectivity index (χ1v) is 8.61. The smallest absolute Gasteiger partial charge is 0.274 e. The quantitative estimate of drug-likeness (QED) is 0.686. The van der Waals surface area contributed by atoms with Crippen LogP contribution in [0.3, 0.4) is 0 Å². The second-order valence-electron chi connectivity index (χ2n) is 6.03. The number of methoxy groups -OCH3 is 1. The maximum absolute atomic E-state index is 12.5. The number of hydrogen-bond acceptors (Lipinski definition) is 6. The van der Waals surface area contributed by atoms with Crippen LogP contribution in [0.15, 0.2) is 54.6 Å². The summed E-state index contributed by atoms with van der Waals surface area (Å²) in [5, 5.41) is 14.8. The zero-order valence-electron chi connectivity index (χ0n) is 15.6. The van der Waals surface area contributed by atoms with E-state index in [0.717, 1.165) is 11.3 Å². The summed E-state index contributed by atoms with van der Waals surface area (Å²) in [6.45, 7) is 2.29. The number of aromatic nitrogens is 2. The lowest BCUT2D eigenvalue weighted by atomic mass is 10.2. The van der Waals surface area contributed by atoms with Crippen LogP contribution in [0, 0.1) is 18.3 Å². The topological polar surface area (TPSA) is 99.9 Å². The highest BCUT2D eigenvalue weighted by molar-refractivity contribution is 6.03. The molecule has 0 saturated heterocycles. The third-order valence-corrected chi connectivity index (χ3v) is 3.98. The first kappa shape index (κ1) is 18.9. The van der Waals surface area contributed by atoms with E-state index in [9.17, 15) is 4.79 Å². The van der Waals surface area contributed by atoms with Crippen LogP contribution in [0.2, 0.25) is 0 Å². The van der Waals surface area contributed by atoms with Crippen molar-refractivity contribution in [1.82, 2.24) is 9.97 Å². The Bertz CT molecular complexity index is 1010. The molecule has 0 bridgehead atoms. The molecule has 0 unspecified atom stereocenters. The number of rotatable bonds is 6. The van der Waals surface area contributed by atoms with Crippen molar-refractivity contribution < 1.29 is 9.53 Å². The maximum atomic E-state index is 12.5. The monoisotopic (exact) mass is 373 g/mol. The lowest BCUT2D eigenvalue weighted by Gasteiger charge is -2.10. The third-order valence-electron chi connectivity index (χ3n) is 3.98. The second kappa shape index (κ2) is 8.64. The minimum atomic E-state index is -0.345. The summed E-state index contributed by atoms with van der Waals surface area (Å²) in [7, 11) is 1.63. The summed E-state index contributed by atoms with van der Waals surface area (Å²) in [6, 6.07) is 18.0. The van der Waals surface area contributed by atoms with Crippen molar-refractivity contribution in [3.8, 4) is 11.8 Å². The molecule has 0 atom stereocenters. The minimum Gasteiger partial charge on any atom is -0.497 e. The number of nitriles is 1. The highest BCUT2D eigenvalue weighted by Crippen LogP contribution is 2.15. The average molecular weight is 373 g/mol. The van der Waals surface area contributed by atoms with Crippen LogP contribution >= 0.6 is 0 Å². The predicted molar refractivity (Wildman–Crippen MR) is 106 cm³/mol. The van der Waals surface area contributed by atoms with Crippen LogP contribution in [0.25, 0.3) is 0 Å². The molecular weight excluding hydrogens is 354 g/mol. The summed E-state index contributed by atoms with van der Waals surface area (Å²) >= 11 is 0. The summed E-state index contributed by atoms with van der Waals surface area (Å²) in [4.78, 5) is 21.1. The van der Waals surface area contributed by atoms with E-state index in [0.29, 0.717) is 29.4 Å². The maximum Gasteiger partial charge on any atom is 0.274 e. The van der Waals surface area contributed by atoms with Crippen LogP contribution in [-0.4, -0.2) is 23.0 Å². The molecule has 2 N–H and O–H groups in total. The van der Waals surface area contributed by atoms with Crippen molar-refractivity contribution >= 4 is 17.4 Å². The Morgan fingerprint density at radius 3 is 2.46 bits per heavy atom. The summed E-state index contributed by atoms with van der Waals surface area (Å²) in [5.41, 5.74) is 2.43. The zero-order chi connectivity index (χ0) is 19.9. The highest BCUT2D eigenvalue weighted by Gasteiger charge is 2.11. The number of nitrogens with one attached hydrogen (secondary N) is 2. The Kier molecular flexibility index (Phi) is 5.82. The molecule has 0 aliphatic carbocycles. The molecule has 0 aliphatic rings. The molecule has 0 radical (unpaired) electrons. The molecule has 7 nitrogen and oxygen atoms in total. The van der Waals surface area contributed by atoms with Gasteiger partial charge in [0.1, 0.15) is 23.1 Å². The van der Waals surface area contributed by atoms with Crippen molar-refractivity contribution in [2.75, 3.05) is 17.7 Å². The molecule has 1 amide bonds. The van der Waals surface area contributed by atoms with E-state index >= 15 is 0 Å². The molecule has 1 heterocycles. The predicted octanol–water partition coefficient (Wildman–Crippen LogP) is 3.53. The van der Waals surface area contributed by atoms with E-state index in [1.807, 2.05) is 30.3 Å². The molecule has 0 saturated carbocycles. The average Bonchev–Trinajstić information content (AvgIpc) is 2.72. The van der Waals surface area contributed by atoms with Gasteiger partial charge in [0.15, 0.2) is 0 Å². The van der Waals surface area contributed by atoms with Crippen LogP contribution in [0.4, 0.5) is 11.5 Å². The number of nitrogens with zero attached hydrogens (tertiary/aromatic N) is 3. The Morgan fingerprint density at radius 1 is 1.11 bits per heavy atom. The zero-order valence-corrected chi connectivity index (χ0v) is 15.6. The number of carbonyl (C=O) groups is 1. The normalized spacial score (nSPS) is 10.0. The first-order valence-electron chi connectivity index (χ1n) is 8.61. The number of aryl methyl sites for hydroxylation is 1. The first-order chi connectivity index (χ1) is 13.6. The molecule has 3 aromatic rings. The minimum absolute atomic E-state index is 0.258.